The summed E-state index contributed by atoms with van der Waals surface area (Å²) in [5.74, 6) is -1.77. The molecule has 1 rings (SSSR count). The molecule has 0 aliphatic carbocycles. The van der Waals surface area contributed by atoms with E-state index in [1.165, 1.54) is 31.4 Å². The maximum absolute atomic E-state index is 12.2. The van der Waals surface area contributed by atoms with Gasteiger partial charge >= 0.3 is 11.5 Å². The van der Waals surface area contributed by atoms with Crippen LogP contribution >= 0.6 is 11.8 Å². The first-order chi connectivity index (χ1) is 10.2. The Kier molecular flexibility index (Phi) is 6.69. The quantitative estimate of drug-likeness (QED) is 0.774. The topological polar surface area (TPSA) is 66.8 Å². The van der Waals surface area contributed by atoms with E-state index in [0.717, 1.165) is 4.90 Å². The number of rotatable bonds is 7. The van der Waals surface area contributed by atoms with Gasteiger partial charge in [0.05, 0.1) is 6.61 Å². The first kappa shape index (κ1) is 18.3. The fourth-order valence-electron chi connectivity index (χ4n) is 1.60. The largest absolute Gasteiger partial charge is 0.480 e. The number of hydrogen-bond donors (Lipinski definition) is 1. The van der Waals surface area contributed by atoms with Crippen molar-refractivity contribution in [1.29, 1.82) is 0 Å². The highest BCUT2D eigenvalue weighted by Gasteiger charge is 2.29. The number of hydrogen-bond acceptors (Lipinski definition) is 4. The first-order valence-electron chi connectivity index (χ1n) is 6.08. The summed E-state index contributed by atoms with van der Waals surface area (Å²) in [6.45, 7) is -0.289. The normalized spacial score (nSPS) is 11.3. The van der Waals surface area contributed by atoms with Crippen molar-refractivity contribution in [3.05, 3.63) is 29.8 Å². The van der Waals surface area contributed by atoms with Crippen molar-refractivity contribution < 1.29 is 32.6 Å². The number of carbonyl (C=O) groups excluding carboxylic acids is 1. The minimum Gasteiger partial charge on any atom is -0.480 e. The van der Waals surface area contributed by atoms with Gasteiger partial charge in [0, 0.05) is 24.1 Å². The number of amides is 1. The van der Waals surface area contributed by atoms with E-state index in [4.69, 9.17) is 9.84 Å². The standard InChI is InChI=1S/C13H14F3NO4S/c1-21-7-6-17(8-11(18)19)12(20)9-2-4-10(5-3-9)22-13(14,15)16/h2-5H,6-8H2,1H3,(H,18,19). The molecule has 0 fully saturated rings. The average Bonchev–Trinajstić information content (AvgIpc) is 2.41. The lowest BCUT2D eigenvalue weighted by molar-refractivity contribution is -0.137. The van der Waals surface area contributed by atoms with Gasteiger partial charge in [-0.1, -0.05) is 0 Å². The lowest BCUT2D eigenvalue weighted by atomic mass is 10.2. The Morgan fingerprint density at radius 3 is 2.32 bits per heavy atom. The summed E-state index contributed by atoms with van der Waals surface area (Å²) in [5.41, 5.74) is -4.29. The third-order valence-electron chi connectivity index (χ3n) is 2.51. The smallest absolute Gasteiger partial charge is 0.446 e. The monoisotopic (exact) mass is 337 g/mol. The molecule has 1 aromatic rings. The summed E-state index contributed by atoms with van der Waals surface area (Å²) in [7, 11) is 1.41. The Morgan fingerprint density at radius 2 is 1.86 bits per heavy atom. The molecule has 0 aromatic heterocycles. The zero-order valence-electron chi connectivity index (χ0n) is 11.6. The average molecular weight is 337 g/mol. The minimum atomic E-state index is -4.40. The second-order valence-electron chi connectivity index (χ2n) is 4.19. The zero-order valence-corrected chi connectivity index (χ0v) is 12.4. The van der Waals surface area contributed by atoms with Gasteiger partial charge in [-0.15, -0.1) is 0 Å². The Morgan fingerprint density at radius 1 is 1.27 bits per heavy atom. The first-order valence-corrected chi connectivity index (χ1v) is 6.90. The van der Waals surface area contributed by atoms with E-state index in [9.17, 15) is 22.8 Å². The molecule has 1 aromatic carbocycles. The lowest BCUT2D eigenvalue weighted by Gasteiger charge is -2.20. The van der Waals surface area contributed by atoms with Crippen LogP contribution in [-0.2, 0) is 9.53 Å². The number of methoxy groups -OCH3 is 1. The highest BCUT2D eigenvalue weighted by atomic mass is 32.2. The van der Waals surface area contributed by atoms with Gasteiger partial charge in [-0.25, -0.2) is 0 Å². The highest BCUT2D eigenvalue weighted by Crippen LogP contribution is 2.36. The lowest BCUT2D eigenvalue weighted by Crippen LogP contribution is -2.38. The molecule has 1 amide bonds. The molecule has 0 unspecified atom stereocenters. The van der Waals surface area contributed by atoms with Crippen LogP contribution in [0.4, 0.5) is 13.2 Å². The van der Waals surface area contributed by atoms with Crippen molar-refractivity contribution >= 4 is 23.6 Å². The van der Waals surface area contributed by atoms with E-state index in [2.05, 4.69) is 0 Å². The number of carbonyl (C=O) groups is 2. The van der Waals surface area contributed by atoms with Crippen molar-refractivity contribution in [2.24, 2.45) is 0 Å². The number of thioether (sulfide) groups is 1. The number of alkyl halides is 3. The van der Waals surface area contributed by atoms with E-state index >= 15 is 0 Å². The van der Waals surface area contributed by atoms with Gasteiger partial charge in [-0.05, 0) is 36.0 Å². The van der Waals surface area contributed by atoms with Gasteiger partial charge in [-0.2, -0.15) is 13.2 Å². The van der Waals surface area contributed by atoms with Crippen LogP contribution in [0.15, 0.2) is 29.2 Å². The SMILES string of the molecule is COCCN(CC(=O)O)C(=O)c1ccc(SC(F)(F)F)cc1. The summed E-state index contributed by atoms with van der Waals surface area (Å²) in [6.07, 6.45) is 0. The summed E-state index contributed by atoms with van der Waals surface area (Å²) in [4.78, 5) is 23.9. The molecule has 0 aliphatic rings. The predicted octanol–water partition coefficient (Wildman–Crippen LogP) is 2.47. The number of nitrogens with zero attached hydrogens (tertiary/aromatic N) is 1. The molecule has 122 valence electrons. The highest BCUT2D eigenvalue weighted by molar-refractivity contribution is 8.00. The van der Waals surface area contributed by atoms with Crippen LogP contribution in [0, 0.1) is 0 Å². The molecule has 0 aliphatic heterocycles. The maximum atomic E-state index is 12.2. The van der Waals surface area contributed by atoms with Gasteiger partial charge in [0.2, 0.25) is 0 Å². The molecular weight excluding hydrogens is 323 g/mol. The summed E-state index contributed by atoms with van der Waals surface area (Å²) in [6, 6.07) is 4.80. The molecule has 1 N–H and O–H groups in total. The third-order valence-corrected chi connectivity index (χ3v) is 3.25. The van der Waals surface area contributed by atoms with Crippen LogP contribution in [0.3, 0.4) is 0 Å². The number of benzene rings is 1. The van der Waals surface area contributed by atoms with Crippen molar-refractivity contribution in [3.8, 4) is 0 Å². The maximum Gasteiger partial charge on any atom is 0.446 e. The summed E-state index contributed by atoms with van der Waals surface area (Å²) >= 11 is -0.285. The molecule has 0 radical (unpaired) electrons. The minimum absolute atomic E-state index is 0.0503. The van der Waals surface area contributed by atoms with Gasteiger partial charge in [-0.3, -0.25) is 9.59 Å². The summed E-state index contributed by atoms with van der Waals surface area (Å²) < 4.78 is 41.5. The Hall–Kier alpha value is -1.74. The molecule has 22 heavy (non-hydrogen) atoms. The molecule has 0 atom stereocenters. The number of ether oxygens (including phenoxy) is 1. The second-order valence-corrected chi connectivity index (χ2v) is 5.32. The van der Waals surface area contributed by atoms with E-state index < -0.39 is 23.9 Å². The molecule has 0 spiro atoms. The Bertz CT molecular complexity index is 519. The van der Waals surface area contributed by atoms with Crippen molar-refractivity contribution in [2.75, 3.05) is 26.8 Å². The van der Waals surface area contributed by atoms with Gasteiger partial charge < -0.3 is 14.7 Å². The summed E-state index contributed by atoms with van der Waals surface area (Å²) in [5, 5.41) is 8.79. The van der Waals surface area contributed by atoms with E-state index in [1.807, 2.05) is 0 Å². The molecule has 0 bridgehead atoms. The molecule has 9 heteroatoms. The Balaban J connectivity index is 2.82. The molecular formula is C13H14F3NO4S. The number of aliphatic carboxylic acids is 1. The van der Waals surface area contributed by atoms with Crippen LogP contribution < -0.4 is 0 Å². The molecule has 0 saturated heterocycles. The van der Waals surface area contributed by atoms with Crippen LogP contribution in [-0.4, -0.2) is 54.2 Å². The number of carboxylic acid groups (broad SMARTS) is 1. The van der Waals surface area contributed by atoms with Crippen LogP contribution in [0.2, 0.25) is 0 Å². The second kappa shape index (κ2) is 8.04. The van der Waals surface area contributed by atoms with E-state index in [-0.39, 0.29) is 35.4 Å². The van der Waals surface area contributed by atoms with Crippen LogP contribution in [0.1, 0.15) is 10.4 Å². The molecule has 0 heterocycles. The number of carboxylic acids is 1. The van der Waals surface area contributed by atoms with Crippen molar-refractivity contribution in [1.82, 2.24) is 4.90 Å². The van der Waals surface area contributed by atoms with Crippen LogP contribution in [0.5, 0.6) is 0 Å². The fraction of sp³-hybridized carbons (Fsp3) is 0.385. The zero-order chi connectivity index (χ0) is 16.8. The van der Waals surface area contributed by atoms with E-state index in [0.29, 0.717) is 0 Å². The van der Waals surface area contributed by atoms with Gasteiger partial charge in [0.25, 0.3) is 5.91 Å². The Labute approximate surface area is 129 Å². The predicted molar refractivity (Wildman–Crippen MR) is 73.8 cm³/mol. The van der Waals surface area contributed by atoms with Gasteiger partial charge in [0.1, 0.15) is 6.54 Å². The fourth-order valence-corrected chi connectivity index (χ4v) is 2.14. The van der Waals surface area contributed by atoms with Gasteiger partial charge in [0.15, 0.2) is 0 Å². The van der Waals surface area contributed by atoms with Crippen molar-refractivity contribution in [2.45, 2.75) is 10.4 Å². The molecule has 5 nitrogen and oxygen atoms in total. The third kappa shape index (κ3) is 6.35. The van der Waals surface area contributed by atoms with Crippen LogP contribution in [0.25, 0.3) is 0 Å². The van der Waals surface area contributed by atoms with Crippen molar-refractivity contribution in [3.63, 3.8) is 0 Å². The van der Waals surface area contributed by atoms with E-state index in [1.54, 1.807) is 0 Å². The number of halogens is 3. The molecule has 0 saturated carbocycles.